The second kappa shape index (κ2) is 4.75. The average Bonchev–Trinajstić information content (AvgIpc) is 2.30. The molecule has 0 unspecified atom stereocenters. The lowest BCUT2D eigenvalue weighted by Gasteiger charge is -2.06. The maximum atomic E-state index is 5.47. The summed E-state index contributed by atoms with van der Waals surface area (Å²) in [5, 5.41) is 0. The summed E-state index contributed by atoms with van der Waals surface area (Å²) in [7, 11) is 0. The molecular weight excluding hydrogens is 200 g/mol. The number of aromatic nitrogens is 2. The van der Waals surface area contributed by atoms with E-state index in [4.69, 9.17) is 4.74 Å². The molecule has 16 heavy (non-hydrogen) atoms. The number of allylic oxidation sites excluding steroid dienone is 1. The molecule has 0 aliphatic carbocycles. The summed E-state index contributed by atoms with van der Waals surface area (Å²) >= 11 is 0. The lowest BCUT2D eigenvalue weighted by atomic mass is 10.3. The van der Waals surface area contributed by atoms with E-state index in [2.05, 4.69) is 9.97 Å². The standard InChI is InChI=1S/C13H14N2O/c1-3-7-12-13(16-4-2)15-11-9-6-5-8-10(11)14-12/h3,5-9H,4H2,1-2H3. The van der Waals surface area contributed by atoms with Crippen LogP contribution in [0.4, 0.5) is 0 Å². The second-order valence-electron chi connectivity index (χ2n) is 3.34. The Morgan fingerprint density at radius 2 is 1.88 bits per heavy atom. The molecule has 0 N–H and O–H groups in total. The van der Waals surface area contributed by atoms with Crippen molar-refractivity contribution in [3.63, 3.8) is 0 Å². The smallest absolute Gasteiger partial charge is 0.240 e. The molecule has 3 heteroatoms. The maximum Gasteiger partial charge on any atom is 0.240 e. The lowest BCUT2D eigenvalue weighted by Crippen LogP contribution is -1.99. The second-order valence-corrected chi connectivity index (χ2v) is 3.34. The van der Waals surface area contributed by atoms with Crippen LogP contribution >= 0.6 is 0 Å². The number of rotatable bonds is 3. The van der Waals surface area contributed by atoms with Gasteiger partial charge in [-0.05, 0) is 32.1 Å². The fourth-order valence-corrected chi connectivity index (χ4v) is 1.51. The van der Waals surface area contributed by atoms with Gasteiger partial charge in [-0.15, -0.1) is 0 Å². The number of ether oxygens (including phenoxy) is 1. The van der Waals surface area contributed by atoms with Crippen molar-refractivity contribution in [3.05, 3.63) is 36.0 Å². The van der Waals surface area contributed by atoms with Gasteiger partial charge in [0, 0.05) is 0 Å². The van der Waals surface area contributed by atoms with Gasteiger partial charge >= 0.3 is 0 Å². The van der Waals surface area contributed by atoms with Gasteiger partial charge in [0.05, 0.1) is 17.6 Å². The average molecular weight is 214 g/mol. The maximum absolute atomic E-state index is 5.47. The molecule has 0 atom stereocenters. The van der Waals surface area contributed by atoms with E-state index in [-0.39, 0.29) is 0 Å². The molecule has 0 amide bonds. The van der Waals surface area contributed by atoms with E-state index in [1.165, 1.54) is 0 Å². The molecule has 0 aliphatic rings. The minimum Gasteiger partial charge on any atom is -0.476 e. The van der Waals surface area contributed by atoms with Crippen LogP contribution in [0.3, 0.4) is 0 Å². The zero-order valence-corrected chi connectivity index (χ0v) is 9.47. The summed E-state index contributed by atoms with van der Waals surface area (Å²) in [6, 6.07) is 7.79. The van der Waals surface area contributed by atoms with E-state index in [0.29, 0.717) is 12.5 Å². The first-order valence-corrected chi connectivity index (χ1v) is 5.37. The monoisotopic (exact) mass is 214 g/mol. The number of nitrogens with zero attached hydrogens (tertiary/aromatic N) is 2. The summed E-state index contributed by atoms with van der Waals surface area (Å²) in [5.74, 6) is 0.597. The third-order valence-corrected chi connectivity index (χ3v) is 2.17. The number of para-hydroxylation sites is 2. The van der Waals surface area contributed by atoms with Crippen LogP contribution in [-0.4, -0.2) is 16.6 Å². The zero-order valence-electron chi connectivity index (χ0n) is 9.47. The summed E-state index contributed by atoms with van der Waals surface area (Å²) in [4.78, 5) is 8.96. The Labute approximate surface area is 94.8 Å². The number of hydrogen-bond donors (Lipinski definition) is 0. The van der Waals surface area contributed by atoms with Crippen molar-refractivity contribution >= 4 is 17.1 Å². The van der Waals surface area contributed by atoms with E-state index < -0.39 is 0 Å². The van der Waals surface area contributed by atoms with Crippen LogP contribution in [0.15, 0.2) is 30.3 Å². The zero-order chi connectivity index (χ0) is 11.4. The number of hydrogen-bond acceptors (Lipinski definition) is 3. The third-order valence-electron chi connectivity index (χ3n) is 2.17. The molecule has 0 spiro atoms. The largest absolute Gasteiger partial charge is 0.476 e. The predicted octanol–water partition coefficient (Wildman–Crippen LogP) is 3.06. The van der Waals surface area contributed by atoms with Gasteiger partial charge in [-0.2, -0.15) is 0 Å². The molecule has 0 radical (unpaired) electrons. The van der Waals surface area contributed by atoms with Gasteiger partial charge in [-0.1, -0.05) is 18.2 Å². The third kappa shape index (κ3) is 2.03. The minimum absolute atomic E-state index is 0.595. The summed E-state index contributed by atoms with van der Waals surface area (Å²) in [6.45, 7) is 4.49. The first kappa shape index (κ1) is 10.6. The summed E-state index contributed by atoms with van der Waals surface area (Å²) in [6.07, 6.45) is 3.84. The van der Waals surface area contributed by atoms with Crippen molar-refractivity contribution in [2.45, 2.75) is 13.8 Å². The molecule has 1 heterocycles. The van der Waals surface area contributed by atoms with Crippen molar-refractivity contribution in [3.8, 4) is 5.88 Å². The molecule has 2 aromatic rings. The minimum atomic E-state index is 0.595. The van der Waals surface area contributed by atoms with Crippen LogP contribution in [0.2, 0.25) is 0 Å². The molecule has 0 fully saturated rings. The van der Waals surface area contributed by atoms with Crippen molar-refractivity contribution in [2.75, 3.05) is 6.61 Å². The highest BCUT2D eigenvalue weighted by atomic mass is 16.5. The summed E-state index contributed by atoms with van der Waals surface area (Å²) < 4.78 is 5.47. The molecule has 3 nitrogen and oxygen atoms in total. The van der Waals surface area contributed by atoms with E-state index in [1.54, 1.807) is 0 Å². The Bertz CT molecular complexity index is 520. The molecule has 0 saturated carbocycles. The van der Waals surface area contributed by atoms with E-state index in [9.17, 15) is 0 Å². The van der Waals surface area contributed by atoms with Gasteiger partial charge in [-0.25, -0.2) is 9.97 Å². The molecule has 2 rings (SSSR count). The SMILES string of the molecule is CC=Cc1nc2ccccc2nc1OCC. The van der Waals surface area contributed by atoms with Gasteiger partial charge in [0.1, 0.15) is 5.69 Å². The Balaban J connectivity index is 2.60. The lowest BCUT2D eigenvalue weighted by molar-refractivity contribution is 0.326. The number of fused-ring (bicyclic) bond motifs is 1. The molecule has 0 saturated heterocycles. The quantitative estimate of drug-likeness (QED) is 0.787. The predicted molar refractivity (Wildman–Crippen MR) is 65.4 cm³/mol. The van der Waals surface area contributed by atoms with Gasteiger partial charge in [0.25, 0.3) is 0 Å². The molecule has 82 valence electrons. The van der Waals surface area contributed by atoms with Crippen LogP contribution in [0, 0.1) is 0 Å². The molecular formula is C13H14N2O. The molecule has 0 aliphatic heterocycles. The van der Waals surface area contributed by atoms with Gasteiger partial charge in [-0.3, -0.25) is 0 Å². The first-order chi connectivity index (χ1) is 7.85. The molecule has 0 bridgehead atoms. The van der Waals surface area contributed by atoms with Gasteiger partial charge in [0.2, 0.25) is 5.88 Å². The van der Waals surface area contributed by atoms with Crippen molar-refractivity contribution in [1.82, 2.24) is 9.97 Å². The van der Waals surface area contributed by atoms with Gasteiger partial charge < -0.3 is 4.74 Å². The summed E-state index contributed by atoms with van der Waals surface area (Å²) in [5.41, 5.74) is 2.53. The molecule has 1 aromatic carbocycles. The van der Waals surface area contributed by atoms with Crippen molar-refractivity contribution < 1.29 is 4.74 Å². The normalized spacial score (nSPS) is 11.1. The Morgan fingerprint density at radius 1 is 1.19 bits per heavy atom. The van der Waals surface area contributed by atoms with Gasteiger partial charge in [0.15, 0.2) is 0 Å². The first-order valence-electron chi connectivity index (χ1n) is 5.37. The van der Waals surface area contributed by atoms with Crippen LogP contribution in [-0.2, 0) is 0 Å². The topological polar surface area (TPSA) is 35.0 Å². The molecule has 1 aromatic heterocycles. The Kier molecular flexibility index (Phi) is 3.15. The van der Waals surface area contributed by atoms with E-state index in [1.807, 2.05) is 50.3 Å². The fourth-order valence-electron chi connectivity index (χ4n) is 1.51. The Morgan fingerprint density at radius 3 is 2.50 bits per heavy atom. The van der Waals surface area contributed by atoms with E-state index >= 15 is 0 Å². The number of benzene rings is 1. The highest BCUT2D eigenvalue weighted by Crippen LogP contribution is 2.19. The van der Waals surface area contributed by atoms with Crippen LogP contribution in [0.25, 0.3) is 17.1 Å². The van der Waals surface area contributed by atoms with Crippen LogP contribution < -0.4 is 4.74 Å². The van der Waals surface area contributed by atoms with Crippen molar-refractivity contribution in [1.29, 1.82) is 0 Å². The highest BCUT2D eigenvalue weighted by molar-refractivity contribution is 5.76. The highest BCUT2D eigenvalue weighted by Gasteiger charge is 2.06. The van der Waals surface area contributed by atoms with Crippen LogP contribution in [0.1, 0.15) is 19.5 Å². The van der Waals surface area contributed by atoms with Crippen molar-refractivity contribution in [2.24, 2.45) is 0 Å². The Hall–Kier alpha value is -1.90. The fraction of sp³-hybridized carbons (Fsp3) is 0.231. The van der Waals surface area contributed by atoms with E-state index in [0.717, 1.165) is 16.7 Å². The van der Waals surface area contributed by atoms with Crippen LogP contribution in [0.5, 0.6) is 5.88 Å².